The molecule has 2 fully saturated rings. The van der Waals surface area contributed by atoms with Gasteiger partial charge in [-0.25, -0.2) is 0 Å². The number of benzene rings is 1. The second-order valence-corrected chi connectivity index (χ2v) is 8.07. The summed E-state index contributed by atoms with van der Waals surface area (Å²) in [7, 11) is 0. The van der Waals surface area contributed by atoms with E-state index in [0.717, 1.165) is 22.2 Å². The summed E-state index contributed by atoms with van der Waals surface area (Å²) in [4.78, 5) is 12.5. The zero-order chi connectivity index (χ0) is 19.6. The Balaban J connectivity index is 1.73. The minimum absolute atomic E-state index is 0.0210. The summed E-state index contributed by atoms with van der Waals surface area (Å²) in [6, 6.07) is 5.81. The Labute approximate surface area is 168 Å². The van der Waals surface area contributed by atoms with Gasteiger partial charge in [-0.3, -0.25) is 4.79 Å². The maximum absolute atomic E-state index is 12.5. The average molecular weight is 443 g/mol. The summed E-state index contributed by atoms with van der Waals surface area (Å²) in [6.07, 6.45) is -0.974. The van der Waals surface area contributed by atoms with Gasteiger partial charge in [0.15, 0.2) is 17.9 Å². The molecule has 150 valence electrons. The maximum atomic E-state index is 12.5. The van der Waals surface area contributed by atoms with E-state index in [0.29, 0.717) is 19.6 Å². The number of ether oxygens (including phenoxy) is 5. The molecule has 0 aliphatic carbocycles. The van der Waals surface area contributed by atoms with Crippen molar-refractivity contribution in [2.45, 2.75) is 77.5 Å². The summed E-state index contributed by atoms with van der Waals surface area (Å²) in [5.41, 5.74) is 0.949. The Morgan fingerprint density at radius 1 is 1.26 bits per heavy atom. The topological polar surface area (TPSA) is 63.2 Å². The second-order valence-electron chi connectivity index (χ2n) is 7.21. The first-order valence-corrected chi connectivity index (χ1v) is 10.2. The average Bonchev–Trinajstić information content (AvgIpc) is 3.08. The third-order valence-corrected chi connectivity index (χ3v) is 5.20. The van der Waals surface area contributed by atoms with Crippen molar-refractivity contribution in [3.05, 3.63) is 28.2 Å². The second kappa shape index (κ2) is 8.57. The Bertz CT molecular complexity index is 676. The van der Waals surface area contributed by atoms with E-state index in [1.807, 2.05) is 45.9 Å². The molecule has 2 saturated heterocycles. The van der Waals surface area contributed by atoms with E-state index in [1.54, 1.807) is 0 Å². The molecule has 0 spiro atoms. The molecule has 0 unspecified atom stereocenters. The number of carbonyl (C=O) groups is 1. The number of rotatable bonds is 8. The van der Waals surface area contributed by atoms with Gasteiger partial charge in [-0.1, -0.05) is 13.0 Å². The highest BCUT2D eigenvalue weighted by Gasteiger charge is 2.57. The van der Waals surface area contributed by atoms with Gasteiger partial charge in [0.2, 0.25) is 0 Å². The van der Waals surface area contributed by atoms with Crippen LogP contribution in [0, 0.1) is 0 Å². The summed E-state index contributed by atoms with van der Waals surface area (Å²) >= 11 is 3.48. The molecule has 2 aliphatic rings. The third kappa shape index (κ3) is 4.71. The van der Waals surface area contributed by atoms with Gasteiger partial charge in [0, 0.05) is 6.42 Å². The van der Waals surface area contributed by atoms with Gasteiger partial charge in [-0.2, -0.15) is 0 Å². The van der Waals surface area contributed by atoms with Crippen LogP contribution < -0.4 is 4.74 Å². The van der Waals surface area contributed by atoms with Crippen molar-refractivity contribution >= 4 is 21.7 Å². The first-order chi connectivity index (χ1) is 12.8. The van der Waals surface area contributed by atoms with Gasteiger partial charge >= 0.3 is 0 Å². The van der Waals surface area contributed by atoms with E-state index in [1.165, 1.54) is 0 Å². The summed E-state index contributed by atoms with van der Waals surface area (Å²) in [5.74, 6) is 0.0298. The molecule has 1 aromatic rings. The number of carbonyl (C=O) groups excluding carboxylic acids is 1. The van der Waals surface area contributed by atoms with Crippen LogP contribution >= 0.6 is 15.9 Å². The van der Waals surface area contributed by atoms with Gasteiger partial charge in [0.1, 0.15) is 24.1 Å². The van der Waals surface area contributed by atoms with Crippen molar-refractivity contribution in [3.8, 4) is 5.75 Å². The van der Waals surface area contributed by atoms with Crippen molar-refractivity contribution < 1.29 is 28.5 Å². The Kier molecular flexibility index (Phi) is 6.58. The highest BCUT2D eigenvalue weighted by Crippen LogP contribution is 2.39. The highest BCUT2D eigenvalue weighted by molar-refractivity contribution is 9.10. The molecule has 0 bridgehead atoms. The minimum Gasteiger partial charge on any atom is -0.493 e. The van der Waals surface area contributed by atoms with E-state index in [2.05, 4.69) is 15.9 Å². The molecule has 3 rings (SSSR count). The zero-order valence-electron chi connectivity index (χ0n) is 16.2. The van der Waals surface area contributed by atoms with Gasteiger partial charge in [-0.15, -0.1) is 0 Å². The number of halogens is 1. The summed E-state index contributed by atoms with van der Waals surface area (Å²) < 4.78 is 30.2. The van der Waals surface area contributed by atoms with Crippen molar-refractivity contribution in [2.24, 2.45) is 0 Å². The number of fused-ring (bicyclic) bond motifs is 1. The molecule has 0 amide bonds. The number of ketones is 1. The largest absolute Gasteiger partial charge is 0.493 e. The Morgan fingerprint density at radius 2 is 2.04 bits per heavy atom. The molecular weight excluding hydrogens is 416 g/mol. The van der Waals surface area contributed by atoms with Crippen LogP contribution in [0.5, 0.6) is 5.75 Å². The molecule has 27 heavy (non-hydrogen) atoms. The van der Waals surface area contributed by atoms with Crippen LogP contribution in [0.2, 0.25) is 0 Å². The maximum Gasteiger partial charge on any atom is 0.190 e. The molecular formula is C20H27BrO6. The molecule has 2 heterocycles. The fraction of sp³-hybridized carbons (Fsp3) is 0.650. The Morgan fingerprint density at radius 3 is 2.74 bits per heavy atom. The minimum atomic E-state index is -0.755. The predicted octanol–water partition coefficient (Wildman–Crippen LogP) is 3.98. The molecule has 7 heteroatoms. The van der Waals surface area contributed by atoms with Crippen LogP contribution in [-0.2, 0) is 30.3 Å². The normalized spacial score (nSPS) is 28.9. The van der Waals surface area contributed by atoms with E-state index in [4.69, 9.17) is 23.7 Å². The van der Waals surface area contributed by atoms with Crippen LogP contribution in [0.3, 0.4) is 0 Å². The lowest BCUT2D eigenvalue weighted by atomic mass is 10.0. The standard InChI is InChI=1S/C20H27BrO6/c1-5-7-14(22)16-17(18-19(25-16)27-20(3,4)26-18)24-11-12-8-9-13(21)15(10-12)23-6-2/h8-10,16-19H,5-7,11H2,1-4H3/t16-,17+,18-,19-/m1/s1. The lowest BCUT2D eigenvalue weighted by Crippen LogP contribution is -2.40. The van der Waals surface area contributed by atoms with Crippen LogP contribution in [0.1, 0.15) is 46.1 Å². The van der Waals surface area contributed by atoms with Crippen LogP contribution in [-0.4, -0.2) is 42.8 Å². The van der Waals surface area contributed by atoms with Crippen molar-refractivity contribution in [1.82, 2.24) is 0 Å². The van der Waals surface area contributed by atoms with Crippen molar-refractivity contribution in [2.75, 3.05) is 6.61 Å². The van der Waals surface area contributed by atoms with E-state index < -0.39 is 30.4 Å². The SMILES string of the molecule is CCCC(=O)[C@H]1O[C@@H]2OC(C)(C)O[C@@H]2[C@H]1OCc1ccc(Br)c(OCC)c1. The van der Waals surface area contributed by atoms with Crippen LogP contribution in [0.15, 0.2) is 22.7 Å². The van der Waals surface area contributed by atoms with E-state index in [9.17, 15) is 4.79 Å². The fourth-order valence-corrected chi connectivity index (χ4v) is 3.77. The van der Waals surface area contributed by atoms with Crippen LogP contribution in [0.25, 0.3) is 0 Å². The smallest absolute Gasteiger partial charge is 0.190 e. The van der Waals surface area contributed by atoms with E-state index >= 15 is 0 Å². The number of hydrogen-bond donors (Lipinski definition) is 0. The Hall–Kier alpha value is -0.990. The molecule has 6 nitrogen and oxygen atoms in total. The molecule has 4 atom stereocenters. The zero-order valence-corrected chi connectivity index (χ0v) is 17.8. The van der Waals surface area contributed by atoms with Crippen molar-refractivity contribution in [3.63, 3.8) is 0 Å². The molecule has 0 aromatic heterocycles. The van der Waals surface area contributed by atoms with Gasteiger partial charge in [-0.05, 0) is 60.8 Å². The van der Waals surface area contributed by atoms with Gasteiger partial charge in [0.05, 0.1) is 17.7 Å². The van der Waals surface area contributed by atoms with Crippen molar-refractivity contribution in [1.29, 1.82) is 0 Å². The van der Waals surface area contributed by atoms with Gasteiger partial charge < -0.3 is 23.7 Å². The summed E-state index contributed by atoms with van der Waals surface area (Å²) in [6.45, 7) is 8.47. The van der Waals surface area contributed by atoms with Crippen LogP contribution in [0.4, 0.5) is 0 Å². The molecule has 0 N–H and O–H groups in total. The number of hydrogen-bond acceptors (Lipinski definition) is 6. The van der Waals surface area contributed by atoms with Gasteiger partial charge in [0.25, 0.3) is 0 Å². The quantitative estimate of drug-likeness (QED) is 0.606. The molecule has 1 aromatic carbocycles. The number of Topliss-reactive ketones (excluding diaryl/α,β-unsaturated/α-hetero) is 1. The van der Waals surface area contributed by atoms with E-state index in [-0.39, 0.29) is 5.78 Å². The fourth-order valence-electron chi connectivity index (χ4n) is 3.41. The molecule has 2 aliphatic heterocycles. The first-order valence-electron chi connectivity index (χ1n) is 9.41. The first kappa shape index (κ1) is 20.7. The lowest BCUT2D eigenvalue weighted by Gasteiger charge is -2.25. The lowest BCUT2D eigenvalue weighted by molar-refractivity contribution is -0.218. The predicted molar refractivity (Wildman–Crippen MR) is 103 cm³/mol. The monoisotopic (exact) mass is 442 g/mol. The summed E-state index contributed by atoms with van der Waals surface area (Å²) in [5, 5.41) is 0. The molecule has 0 radical (unpaired) electrons. The third-order valence-electron chi connectivity index (χ3n) is 4.54. The highest BCUT2D eigenvalue weighted by atomic mass is 79.9. The molecule has 0 saturated carbocycles.